The van der Waals surface area contributed by atoms with E-state index >= 15 is 0 Å². The molecule has 2 aliphatic rings. The third kappa shape index (κ3) is 2.79. The van der Waals surface area contributed by atoms with E-state index in [1.165, 1.54) is 25.9 Å². The van der Waals surface area contributed by atoms with Gasteiger partial charge in [-0.2, -0.15) is 0 Å². The Morgan fingerprint density at radius 3 is 2.83 bits per heavy atom. The van der Waals surface area contributed by atoms with Crippen molar-refractivity contribution in [2.45, 2.75) is 32.2 Å². The molecule has 0 N–H and O–H groups in total. The average molecular weight is 315 g/mol. The van der Waals surface area contributed by atoms with Crippen LogP contribution in [0.1, 0.15) is 24.3 Å². The molecule has 23 heavy (non-hydrogen) atoms. The third-order valence-electron chi connectivity index (χ3n) is 4.82. The number of likely N-dealkylation sites (tertiary alicyclic amines) is 2. The number of aromatic nitrogens is 1. The molecule has 0 spiro atoms. The molecule has 2 aromatic rings. The van der Waals surface area contributed by atoms with Crippen molar-refractivity contribution in [3.8, 4) is 11.7 Å². The van der Waals surface area contributed by atoms with E-state index in [-0.39, 0.29) is 5.91 Å². The summed E-state index contributed by atoms with van der Waals surface area (Å²) in [5.41, 5.74) is 0.700. The van der Waals surface area contributed by atoms with Gasteiger partial charge in [-0.15, -0.1) is 0 Å². The van der Waals surface area contributed by atoms with Crippen molar-refractivity contribution < 1.29 is 13.6 Å². The van der Waals surface area contributed by atoms with Crippen molar-refractivity contribution >= 4 is 5.91 Å². The van der Waals surface area contributed by atoms with Gasteiger partial charge in [0.25, 0.3) is 5.89 Å². The monoisotopic (exact) mass is 315 g/mol. The predicted molar refractivity (Wildman–Crippen MR) is 83.8 cm³/mol. The Balaban J connectivity index is 1.36. The zero-order chi connectivity index (χ0) is 15.8. The lowest BCUT2D eigenvalue weighted by Gasteiger charge is -2.44. The highest BCUT2D eigenvalue weighted by Crippen LogP contribution is 2.24. The molecular formula is C17H21N3O3. The average Bonchev–Trinajstić information content (AvgIpc) is 3.20. The lowest BCUT2D eigenvalue weighted by molar-refractivity contribution is -0.137. The molecule has 0 bridgehead atoms. The molecule has 0 aliphatic carbocycles. The lowest BCUT2D eigenvalue weighted by atomic mass is 10.1. The molecule has 0 atom stereocenters. The number of amides is 1. The maximum absolute atomic E-state index is 12.4. The second-order valence-electron chi connectivity index (χ2n) is 6.37. The number of furan rings is 1. The molecular weight excluding hydrogens is 294 g/mol. The van der Waals surface area contributed by atoms with Crippen molar-refractivity contribution in [1.29, 1.82) is 0 Å². The van der Waals surface area contributed by atoms with Gasteiger partial charge < -0.3 is 13.7 Å². The molecule has 0 radical (unpaired) electrons. The Bertz CT molecular complexity index is 680. The van der Waals surface area contributed by atoms with Crippen LogP contribution in [0.4, 0.5) is 0 Å². The van der Waals surface area contributed by atoms with Crippen LogP contribution in [0.2, 0.25) is 0 Å². The van der Waals surface area contributed by atoms with E-state index in [1.807, 2.05) is 11.8 Å². The summed E-state index contributed by atoms with van der Waals surface area (Å²) in [6.45, 7) is 5.90. The first kappa shape index (κ1) is 14.5. The molecule has 6 heteroatoms. The fraction of sp³-hybridized carbons (Fsp3) is 0.529. The van der Waals surface area contributed by atoms with E-state index in [2.05, 4.69) is 9.88 Å². The molecule has 4 heterocycles. The molecule has 2 saturated heterocycles. The van der Waals surface area contributed by atoms with E-state index in [0.29, 0.717) is 35.6 Å². The van der Waals surface area contributed by atoms with Crippen LogP contribution in [0, 0.1) is 6.92 Å². The van der Waals surface area contributed by atoms with Crippen LogP contribution in [0.25, 0.3) is 11.7 Å². The zero-order valence-corrected chi connectivity index (χ0v) is 13.3. The molecule has 122 valence electrons. The summed E-state index contributed by atoms with van der Waals surface area (Å²) >= 11 is 0. The summed E-state index contributed by atoms with van der Waals surface area (Å²) in [5, 5.41) is 0. The molecule has 0 aromatic carbocycles. The van der Waals surface area contributed by atoms with Gasteiger partial charge in [0.2, 0.25) is 5.91 Å². The summed E-state index contributed by atoms with van der Waals surface area (Å²) in [5.74, 6) is 1.84. The minimum atomic E-state index is 0.128. The number of rotatable bonds is 4. The third-order valence-corrected chi connectivity index (χ3v) is 4.82. The molecule has 2 aliphatic heterocycles. The summed E-state index contributed by atoms with van der Waals surface area (Å²) < 4.78 is 10.9. The van der Waals surface area contributed by atoms with Crippen molar-refractivity contribution in [2.75, 3.05) is 26.2 Å². The smallest absolute Gasteiger partial charge is 0.263 e. The van der Waals surface area contributed by atoms with Crippen molar-refractivity contribution in [2.24, 2.45) is 0 Å². The highest BCUT2D eigenvalue weighted by Gasteiger charge is 2.36. The maximum atomic E-state index is 12.4. The summed E-state index contributed by atoms with van der Waals surface area (Å²) in [6.07, 6.45) is 4.46. The van der Waals surface area contributed by atoms with Gasteiger partial charge in [-0.1, -0.05) is 0 Å². The molecule has 6 nitrogen and oxygen atoms in total. The topological polar surface area (TPSA) is 62.7 Å². The van der Waals surface area contributed by atoms with E-state index in [4.69, 9.17) is 8.83 Å². The number of hydrogen-bond donors (Lipinski definition) is 0. The summed E-state index contributed by atoms with van der Waals surface area (Å²) in [6, 6.07) is 4.14. The van der Waals surface area contributed by atoms with Gasteiger partial charge in [0.15, 0.2) is 5.76 Å². The van der Waals surface area contributed by atoms with E-state index in [1.54, 1.807) is 18.4 Å². The number of oxazole rings is 1. The van der Waals surface area contributed by atoms with Gasteiger partial charge >= 0.3 is 0 Å². The van der Waals surface area contributed by atoms with Crippen molar-refractivity contribution in [3.05, 3.63) is 29.9 Å². The lowest BCUT2D eigenvalue weighted by Crippen LogP contribution is -2.60. The highest BCUT2D eigenvalue weighted by molar-refractivity contribution is 5.79. The Hall–Kier alpha value is -2.08. The SMILES string of the molecule is Cc1oc(-c2ccco2)nc1CC(=O)N1CC(N2CCCC2)C1. The standard InChI is InChI=1S/C17H21N3O3/c1-12-14(18-17(23-12)15-5-4-8-22-15)9-16(21)20-10-13(11-20)19-6-2-3-7-19/h4-5,8,13H,2-3,6-7,9-11H2,1H3. The van der Waals surface area contributed by atoms with Gasteiger partial charge in [0.05, 0.1) is 18.4 Å². The first-order chi connectivity index (χ1) is 11.2. The molecule has 2 aromatic heterocycles. The normalized spacial score (nSPS) is 19.3. The van der Waals surface area contributed by atoms with Gasteiger partial charge in [-0.25, -0.2) is 4.98 Å². The van der Waals surface area contributed by atoms with Crippen LogP contribution in [-0.4, -0.2) is 52.9 Å². The van der Waals surface area contributed by atoms with Crippen LogP contribution >= 0.6 is 0 Å². The molecule has 4 rings (SSSR count). The van der Waals surface area contributed by atoms with Crippen LogP contribution in [0.15, 0.2) is 27.2 Å². The molecule has 0 saturated carbocycles. The Morgan fingerprint density at radius 2 is 2.13 bits per heavy atom. The number of carbonyl (C=O) groups excluding carboxylic acids is 1. The quantitative estimate of drug-likeness (QED) is 0.864. The largest absolute Gasteiger partial charge is 0.459 e. The van der Waals surface area contributed by atoms with Gasteiger partial charge in [-0.05, 0) is 45.0 Å². The number of nitrogens with zero attached hydrogens (tertiary/aromatic N) is 3. The molecule has 0 unspecified atom stereocenters. The number of hydrogen-bond acceptors (Lipinski definition) is 5. The first-order valence-electron chi connectivity index (χ1n) is 8.23. The Kier molecular flexibility index (Phi) is 3.69. The Morgan fingerprint density at radius 1 is 1.35 bits per heavy atom. The summed E-state index contributed by atoms with van der Waals surface area (Å²) in [4.78, 5) is 21.2. The zero-order valence-electron chi connectivity index (χ0n) is 13.3. The van der Waals surface area contributed by atoms with E-state index in [9.17, 15) is 4.79 Å². The predicted octanol–water partition coefficient (Wildman–Crippen LogP) is 2.09. The van der Waals surface area contributed by atoms with Gasteiger partial charge in [0, 0.05) is 19.1 Å². The first-order valence-corrected chi connectivity index (χ1v) is 8.23. The van der Waals surface area contributed by atoms with E-state index in [0.717, 1.165) is 13.1 Å². The minimum Gasteiger partial charge on any atom is -0.459 e. The van der Waals surface area contributed by atoms with Crippen LogP contribution in [0.3, 0.4) is 0 Å². The molecule has 1 amide bonds. The van der Waals surface area contributed by atoms with Crippen molar-refractivity contribution in [1.82, 2.24) is 14.8 Å². The van der Waals surface area contributed by atoms with Gasteiger partial charge in [0.1, 0.15) is 5.76 Å². The van der Waals surface area contributed by atoms with E-state index < -0.39 is 0 Å². The second-order valence-corrected chi connectivity index (χ2v) is 6.37. The van der Waals surface area contributed by atoms with Gasteiger partial charge in [-0.3, -0.25) is 9.69 Å². The fourth-order valence-electron chi connectivity index (χ4n) is 3.35. The minimum absolute atomic E-state index is 0.128. The number of carbonyl (C=O) groups is 1. The molecule has 2 fully saturated rings. The summed E-state index contributed by atoms with van der Waals surface area (Å²) in [7, 11) is 0. The van der Waals surface area contributed by atoms with Crippen LogP contribution < -0.4 is 0 Å². The Labute approximate surface area is 135 Å². The van der Waals surface area contributed by atoms with Crippen LogP contribution in [0.5, 0.6) is 0 Å². The number of aryl methyl sites for hydroxylation is 1. The second kappa shape index (κ2) is 5.85. The van der Waals surface area contributed by atoms with Crippen molar-refractivity contribution in [3.63, 3.8) is 0 Å². The maximum Gasteiger partial charge on any atom is 0.263 e. The fourth-order valence-corrected chi connectivity index (χ4v) is 3.35. The van der Waals surface area contributed by atoms with Crippen LogP contribution in [-0.2, 0) is 11.2 Å². The highest BCUT2D eigenvalue weighted by atomic mass is 16.4.